The summed E-state index contributed by atoms with van der Waals surface area (Å²) >= 11 is 9.31. The van der Waals surface area contributed by atoms with Gasteiger partial charge in [-0.15, -0.1) is 11.6 Å². The molecule has 1 atom stereocenters. The lowest BCUT2D eigenvalue weighted by Gasteiger charge is -2.19. The van der Waals surface area contributed by atoms with E-state index in [1.807, 2.05) is 0 Å². The van der Waals surface area contributed by atoms with Gasteiger partial charge in [0.15, 0.2) is 0 Å². The van der Waals surface area contributed by atoms with Crippen LogP contribution in [0.15, 0.2) is 22.7 Å². The van der Waals surface area contributed by atoms with Crippen LogP contribution in [0, 0.1) is 11.7 Å². The van der Waals surface area contributed by atoms with Crippen molar-refractivity contribution in [3.8, 4) is 0 Å². The minimum atomic E-state index is -0.385. The highest BCUT2D eigenvalue weighted by Crippen LogP contribution is 2.19. The maximum absolute atomic E-state index is 13.1. The van der Waals surface area contributed by atoms with Gasteiger partial charge in [-0.1, -0.05) is 26.7 Å². The fourth-order valence-electron chi connectivity index (χ4n) is 1.90. The number of hydrogen-bond donors (Lipinski definition) is 1. The predicted octanol–water partition coefficient (Wildman–Crippen LogP) is 4.36. The van der Waals surface area contributed by atoms with Gasteiger partial charge in [-0.3, -0.25) is 4.79 Å². The molecule has 19 heavy (non-hydrogen) atoms. The average molecular weight is 351 g/mol. The van der Waals surface area contributed by atoms with Crippen LogP contribution in [0.3, 0.4) is 0 Å². The molecule has 1 aromatic rings. The smallest absolute Gasteiger partial charge is 0.251 e. The van der Waals surface area contributed by atoms with Gasteiger partial charge < -0.3 is 5.32 Å². The number of carbonyl (C=O) groups is 1. The van der Waals surface area contributed by atoms with E-state index in [4.69, 9.17) is 11.6 Å². The maximum Gasteiger partial charge on any atom is 0.251 e. The molecule has 0 saturated carbocycles. The Morgan fingerprint density at radius 1 is 1.42 bits per heavy atom. The van der Waals surface area contributed by atoms with E-state index in [9.17, 15) is 9.18 Å². The van der Waals surface area contributed by atoms with Crippen LogP contribution in [0.4, 0.5) is 4.39 Å². The minimum absolute atomic E-state index is 0.0807. The molecule has 0 aliphatic heterocycles. The number of hydrogen-bond acceptors (Lipinski definition) is 1. The van der Waals surface area contributed by atoms with E-state index in [1.54, 1.807) is 0 Å². The maximum atomic E-state index is 13.1. The standard InChI is InChI=1S/C14H18BrClFNO/c1-3-9(4-2)12(16)8-18-14(19)10-5-6-13(17)11(15)7-10/h5-7,9,12H,3-4,8H2,1-2H3,(H,18,19). The topological polar surface area (TPSA) is 29.1 Å². The van der Waals surface area contributed by atoms with Crippen molar-refractivity contribution in [2.75, 3.05) is 6.54 Å². The quantitative estimate of drug-likeness (QED) is 0.759. The number of alkyl halides is 1. The molecule has 0 heterocycles. The first kappa shape index (κ1) is 16.4. The van der Waals surface area contributed by atoms with Gasteiger partial charge in [0.1, 0.15) is 5.82 Å². The van der Waals surface area contributed by atoms with Gasteiger partial charge in [-0.05, 0) is 40.0 Å². The second kappa shape index (κ2) is 7.85. The Labute approximate surface area is 126 Å². The summed E-state index contributed by atoms with van der Waals surface area (Å²) in [6.45, 7) is 4.59. The van der Waals surface area contributed by atoms with Crippen molar-refractivity contribution in [1.82, 2.24) is 5.32 Å². The molecule has 0 saturated heterocycles. The van der Waals surface area contributed by atoms with Crippen molar-refractivity contribution in [1.29, 1.82) is 0 Å². The van der Waals surface area contributed by atoms with Crippen molar-refractivity contribution in [3.05, 3.63) is 34.1 Å². The van der Waals surface area contributed by atoms with Gasteiger partial charge in [-0.25, -0.2) is 4.39 Å². The highest BCUT2D eigenvalue weighted by molar-refractivity contribution is 9.10. The zero-order valence-corrected chi connectivity index (χ0v) is 13.4. The lowest BCUT2D eigenvalue weighted by molar-refractivity contribution is 0.0951. The molecule has 0 spiro atoms. The van der Waals surface area contributed by atoms with Gasteiger partial charge in [0.2, 0.25) is 0 Å². The number of halogens is 3. The fraction of sp³-hybridized carbons (Fsp3) is 0.500. The van der Waals surface area contributed by atoms with E-state index in [2.05, 4.69) is 35.1 Å². The Kier molecular flexibility index (Phi) is 6.80. The van der Waals surface area contributed by atoms with Crippen molar-refractivity contribution in [2.45, 2.75) is 32.1 Å². The third-order valence-electron chi connectivity index (χ3n) is 3.20. The molecule has 0 radical (unpaired) electrons. The summed E-state index contributed by atoms with van der Waals surface area (Å²) < 4.78 is 13.4. The number of benzene rings is 1. The Morgan fingerprint density at radius 2 is 2.05 bits per heavy atom. The van der Waals surface area contributed by atoms with Crippen molar-refractivity contribution >= 4 is 33.4 Å². The summed E-state index contributed by atoms with van der Waals surface area (Å²) in [5.74, 6) is -0.233. The highest BCUT2D eigenvalue weighted by Gasteiger charge is 2.17. The zero-order valence-electron chi connectivity index (χ0n) is 11.1. The zero-order chi connectivity index (χ0) is 14.4. The Hall–Kier alpha value is -0.610. The van der Waals surface area contributed by atoms with E-state index >= 15 is 0 Å². The van der Waals surface area contributed by atoms with Crippen LogP contribution in [0.25, 0.3) is 0 Å². The number of carbonyl (C=O) groups excluding carboxylic acids is 1. The lowest BCUT2D eigenvalue weighted by atomic mass is 9.99. The average Bonchev–Trinajstić information content (AvgIpc) is 2.40. The second-order valence-electron chi connectivity index (χ2n) is 4.43. The third-order valence-corrected chi connectivity index (χ3v) is 4.32. The largest absolute Gasteiger partial charge is 0.351 e. The molecule has 1 N–H and O–H groups in total. The molecule has 1 aromatic carbocycles. The normalized spacial score (nSPS) is 12.5. The molecule has 0 aliphatic carbocycles. The van der Waals surface area contributed by atoms with Crippen LogP contribution in [-0.2, 0) is 0 Å². The van der Waals surface area contributed by atoms with Crippen LogP contribution < -0.4 is 5.32 Å². The molecular formula is C14H18BrClFNO. The molecule has 0 aromatic heterocycles. The SMILES string of the molecule is CCC(CC)C(Cl)CNC(=O)c1ccc(F)c(Br)c1. The summed E-state index contributed by atoms with van der Waals surface area (Å²) in [5.41, 5.74) is 0.418. The minimum Gasteiger partial charge on any atom is -0.351 e. The van der Waals surface area contributed by atoms with Crippen molar-refractivity contribution < 1.29 is 9.18 Å². The molecule has 106 valence electrons. The highest BCUT2D eigenvalue weighted by atomic mass is 79.9. The third kappa shape index (κ3) is 4.77. The summed E-state index contributed by atoms with van der Waals surface area (Å²) in [5, 5.41) is 2.70. The fourth-order valence-corrected chi connectivity index (χ4v) is 2.71. The van der Waals surface area contributed by atoms with Crippen LogP contribution in [0.2, 0.25) is 0 Å². The van der Waals surface area contributed by atoms with Gasteiger partial charge in [0.25, 0.3) is 5.91 Å². The van der Waals surface area contributed by atoms with E-state index < -0.39 is 0 Å². The lowest BCUT2D eigenvalue weighted by Crippen LogP contribution is -2.33. The van der Waals surface area contributed by atoms with Gasteiger partial charge in [0, 0.05) is 12.1 Å². The summed E-state index contributed by atoms with van der Waals surface area (Å²) in [6, 6.07) is 4.18. The first-order chi connectivity index (χ1) is 8.99. The molecule has 0 bridgehead atoms. The molecule has 1 rings (SSSR count). The van der Waals surface area contributed by atoms with E-state index in [1.165, 1.54) is 18.2 Å². The van der Waals surface area contributed by atoms with Crippen LogP contribution >= 0.6 is 27.5 Å². The summed E-state index contributed by atoms with van der Waals surface area (Å²) in [4.78, 5) is 11.9. The first-order valence-electron chi connectivity index (χ1n) is 6.36. The van der Waals surface area contributed by atoms with Gasteiger partial charge in [-0.2, -0.15) is 0 Å². The summed E-state index contributed by atoms with van der Waals surface area (Å²) in [7, 11) is 0. The first-order valence-corrected chi connectivity index (χ1v) is 7.59. The molecule has 2 nitrogen and oxygen atoms in total. The molecule has 0 aliphatic rings. The van der Waals surface area contributed by atoms with Gasteiger partial charge >= 0.3 is 0 Å². The molecule has 0 fully saturated rings. The predicted molar refractivity (Wildman–Crippen MR) is 80.1 cm³/mol. The van der Waals surface area contributed by atoms with E-state index in [-0.39, 0.29) is 21.6 Å². The van der Waals surface area contributed by atoms with E-state index in [0.717, 1.165) is 12.8 Å². The van der Waals surface area contributed by atoms with Crippen molar-refractivity contribution in [2.24, 2.45) is 5.92 Å². The Bertz CT molecular complexity index is 437. The number of nitrogens with one attached hydrogen (secondary N) is 1. The molecule has 1 unspecified atom stereocenters. The second-order valence-corrected chi connectivity index (χ2v) is 5.85. The van der Waals surface area contributed by atoms with Crippen LogP contribution in [0.1, 0.15) is 37.0 Å². The monoisotopic (exact) mass is 349 g/mol. The Morgan fingerprint density at radius 3 is 2.58 bits per heavy atom. The number of rotatable bonds is 6. The van der Waals surface area contributed by atoms with Gasteiger partial charge in [0.05, 0.1) is 9.85 Å². The Balaban J connectivity index is 2.58. The number of amides is 1. The molecular weight excluding hydrogens is 333 g/mol. The molecule has 1 amide bonds. The van der Waals surface area contributed by atoms with E-state index in [0.29, 0.717) is 18.0 Å². The van der Waals surface area contributed by atoms with Crippen LogP contribution in [-0.4, -0.2) is 17.8 Å². The van der Waals surface area contributed by atoms with Crippen LogP contribution in [0.5, 0.6) is 0 Å². The molecule has 5 heteroatoms. The van der Waals surface area contributed by atoms with Crippen molar-refractivity contribution in [3.63, 3.8) is 0 Å². The summed E-state index contributed by atoms with van der Waals surface area (Å²) in [6.07, 6.45) is 1.98.